The number of nitrogens with one attached hydrogen (secondary N) is 1. The maximum absolute atomic E-state index is 10.9. The van der Waals surface area contributed by atoms with Crippen LogP contribution in [0, 0.1) is 0 Å². The molecule has 0 spiro atoms. The fraction of sp³-hybridized carbons (Fsp3) is 0.333. The minimum Gasteiger partial charge on any atom is -0.280 e. The predicted molar refractivity (Wildman–Crippen MR) is 40.1 cm³/mol. The van der Waals surface area contributed by atoms with E-state index in [1.54, 1.807) is 13.1 Å². The largest absolute Gasteiger partial charge is 0.348 e. The zero-order chi connectivity index (χ0) is 8.27. The van der Waals surface area contributed by atoms with E-state index in [9.17, 15) is 4.79 Å². The molecular formula is C6H9N3O2. The first kappa shape index (κ1) is 7.74. The third-order valence-electron chi connectivity index (χ3n) is 1.27. The average Bonchev–Trinajstić information content (AvgIpc) is 1.99. The van der Waals surface area contributed by atoms with Crippen molar-refractivity contribution in [2.24, 2.45) is 7.05 Å². The van der Waals surface area contributed by atoms with Gasteiger partial charge in [0.2, 0.25) is 0 Å². The Morgan fingerprint density at radius 2 is 2.45 bits per heavy atom. The first-order valence-corrected chi connectivity index (χ1v) is 3.06. The summed E-state index contributed by atoms with van der Waals surface area (Å²) in [5, 5.41) is 0. The summed E-state index contributed by atoms with van der Waals surface area (Å²) in [5.74, 6) is 0.576. The van der Waals surface area contributed by atoms with Crippen LogP contribution in [0.2, 0.25) is 0 Å². The van der Waals surface area contributed by atoms with Crippen LogP contribution in [0.5, 0.6) is 0 Å². The lowest BCUT2D eigenvalue weighted by Gasteiger charge is -2.05. The number of aromatic nitrogens is 2. The molecule has 60 valence electrons. The van der Waals surface area contributed by atoms with Gasteiger partial charge in [0.05, 0.1) is 7.11 Å². The van der Waals surface area contributed by atoms with Gasteiger partial charge in [0.1, 0.15) is 5.82 Å². The molecule has 0 saturated heterocycles. The molecular weight excluding hydrogens is 146 g/mol. The summed E-state index contributed by atoms with van der Waals surface area (Å²) in [6.07, 6.45) is 1.42. The third kappa shape index (κ3) is 1.56. The van der Waals surface area contributed by atoms with Crippen molar-refractivity contribution in [3.63, 3.8) is 0 Å². The predicted octanol–water partition coefficient (Wildman–Crippen LogP) is -0.246. The zero-order valence-electron chi connectivity index (χ0n) is 6.37. The number of anilines is 1. The lowest BCUT2D eigenvalue weighted by Crippen LogP contribution is -2.21. The molecule has 0 saturated carbocycles. The van der Waals surface area contributed by atoms with E-state index in [1.165, 1.54) is 17.9 Å². The maximum atomic E-state index is 10.9. The molecule has 0 radical (unpaired) electrons. The summed E-state index contributed by atoms with van der Waals surface area (Å²) in [6.45, 7) is 0. The molecule has 1 N–H and O–H groups in total. The van der Waals surface area contributed by atoms with Crippen LogP contribution in [0.3, 0.4) is 0 Å². The molecule has 0 unspecified atom stereocenters. The Morgan fingerprint density at radius 3 is 3.09 bits per heavy atom. The number of nitrogens with zero attached hydrogens (tertiary/aromatic N) is 2. The first-order valence-electron chi connectivity index (χ1n) is 3.06. The minimum atomic E-state index is -0.313. The summed E-state index contributed by atoms with van der Waals surface area (Å²) in [6, 6.07) is 1.64. The molecule has 0 amide bonds. The van der Waals surface area contributed by atoms with Crippen LogP contribution in [-0.4, -0.2) is 16.7 Å². The Balaban J connectivity index is 3.06. The minimum absolute atomic E-state index is 0.313. The molecule has 0 aliphatic carbocycles. The van der Waals surface area contributed by atoms with Crippen LogP contribution in [0.25, 0.3) is 0 Å². The molecule has 1 heterocycles. The molecule has 1 rings (SSSR count). The van der Waals surface area contributed by atoms with Gasteiger partial charge < -0.3 is 0 Å². The summed E-state index contributed by atoms with van der Waals surface area (Å²) in [7, 11) is 3.08. The zero-order valence-corrected chi connectivity index (χ0v) is 6.37. The summed E-state index contributed by atoms with van der Waals surface area (Å²) < 4.78 is 1.35. The van der Waals surface area contributed by atoms with E-state index in [1.807, 2.05) is 0 Å². The SMILES string of the molecule is CONc1ccnc(=O)n1C. The molecule has 1 aromatic rings. The molecule has 5 heteroatoms. The van der Waals surface area contributed by atoms with Crippen LogP contribution >= 0.6 is 0 Å². The Bertz CT molecular complexity index is 294. The highest BCUT2D eigenvalue weighted by Crippen LogP contribution is 1.98. The van der Waals surface area contributed by atoms with Gasteiger partial charge in [-0.1, -0.05) is 0 Å². The van der Waals surface area contributed by atoms with Gasteiger partial charge in [0.15, 0.2) is 0 Å². The van der Waals surface area contributed by atoms with E-state index >= 15 is 0 Å². The van der Waals surface area contributed by atoms with Crippen molar-refractivity contribution in [3.05, 3.63) is 22.7 Å². The van der Waals surface area contributed by atoms with Gasteiger partial charge in [0.25, 0.3) is 0 Å². The molecule has 0 bridgehead atoms. The van der Waals surface area contributed by atoms with Gasteiger partial charge in [0, 0.05) is 13.2 Å². The van der Waals surface area contributed by atoms with Gasteiger partial charge in [-0.25, -0.2) is 9.78 Å². The van der Waals surface area contributed by atoms with Gasteiger partial charge in [-0.2, -0.15) is 0 Å². The van der Waals surface area contributed by atoms with Crippen molar-refractivity contribution in [2.45, 2.75) is 0 Å². The second-order valence-corrected chi connectivity index (χ2v) is 1.98. The Morgan fingerprint density at radius 1 is 1.73 bits per heavy atom. The quantitative estimate of drug-likeness (QED) is 0.598. The van der Waals surface area contributed by atoms with E-state index in [0.29, 0.717) is 5.82 Å². The lowest BCUT2D eigenvalue weighted by atomic mass is 10.6. The fourth-order valence-corrected chi connectivity index (χ4v) is 0.680. The van der Waals surface area contributed by atoms with Gasteiger partial charge in [-0.05, 0) is 6.07 Å². The van der Waals surface area contributed by atoms with Crippen molar-refractivity contribution >= 4 is 5.82 Å². The maximum Gasteiger partial charge on any atom is 0.348 e. The topological polar surface area (TPSA) is 56.1 Å². The van der Waals surface area contributed by atoms with Crippen molar-refractivity contribution < 1.29 is 4.84 Å². The van der Waals surface area contributed by atoms with Crippen molar-refractivity contribution in [2.75, 3.05) is 12.6 Å². The highest BCUT2D eigenvalue weighted by Gasteiger charge is 1.96. The third-order valence-corrected chi connectivity index (χ3v) is 1.27. The van der Waals surface area contributed by atoms with Gasteiger partial charge in [-0.15, -0.1) is 0 Å². The normalized spacial score (nSPS) is 9.64. The molecule has 0 fully saturated rings. The van der Waals surface area contributed by atoms with Crippen LogP contribution in [0.1, 0.15) is 0 Å². The molecule has 0 aliphatic rings. The lowest BCUT2D eigenvalue weighted by molar-refractivity contribution is 0.266. The van der Waals surface area contributed by atoms with Crippen molar-refractivity contribution in [1.29, 1.82) is 0 Å². The van der Waals surface area contributed by atoms with E-state index in [2.05, 4.69) is 15.3 Å². The first-order chi connectivity index (χ1) is 5.25. The smallest absolute Gasteiger partial charge is 0.280 e. The monoisotopic (exact) mass is 155 g/mol. The van der Waals surface area contributed by atoms with E-state index in [0.717, 1.165) is 0 Å². The van der Waals surface area contributed by atoms with E-state index < -0.39 is 0 Å². The van der Waals surface area contributed by atoms with Crippen LogP contribution in [0.4, 0.5) is 5.82 Å². The standard InChI is InChI=1S/C6H9N3O2/c1-9-5(8-11-2)3-4-7-6(9)10/h3-4,8H,1-2H3. The highest BCUT2D eigenvalue weighted by molar-refractivity contribution is 5.30. The Labute approximate surface area is 63.6 Å². The summed E-state index contributed by atoms with van der Waals surface area (Å²) in [4.78, 5) is 19.0. The van der Waals surface area contributed by atoms with E-state index in [4.69, 9.17) is 0 Å². The van der Waals surface area contributed by atoms with Crippen LogP contribution < -0.4 is 11.2 Å². The second kappa shape index (κ2) is 3.16. The van der Waals surface area contributed by atoms with Gasteiger partial charge in [-0.3, -0.25) is 14.9 Å². The van der Waals surface area contributed by atoms with Crippen molar-refractivity contribution in [1.82, 2.24) is 9.55 Å². The van der Waals surface area contributed by atoms with Gasteiger partial charge >= 0.3 is 5.69 Å². The number of hydrogen-bond acceptors (Lipinski definition) is 4. The molecule has 5 nitrogen and oxygen atoms in total. The summed E-state index contributed by atoms with van der Waals surface area (Å²) >= 11 is 0. The molecule has 0 aromatic carbocycles. The average molecular weight is 155 g/mol. The van der Waals surface area contributed by atoms with Crippen LogP contribution in [-0.2, 0) is 11.9 Å². The highest BCUT2D eigenvalue weighted by atomic mass is 16.6. The van der Waals surface area contributed by atoms with Crippen molar-refractivity contribution in [3.8, 4) is 0 Å². The van der Waals surface area contributed by atoms with E-state index in [-0.39, 0.29) is 5.69 Å². The molecule has 0 aliphatic heterocycles. The molecule has 11 heavy (non-hydrogen) atoms. The second-order valence-electron chi connectivity index (χ2n) is 1.98. The number of hydrogen-bond donors (Lipinski definition) is 1. The number of rotatable bonds is 2. The fourth-order valence-electron chi connectivity index (χ4n) is 0.680. The molecule has 1 aromatic heterocycles. The summed E-state index contributed by atoms with van der Waals surface area (Å²) in [5.41, 5.74) is 2.23. The Hall–Kier alpha value is -1.36. The van der Waals surface area contributed by atoms with Crippen LogP contribution in [0.15, 0.2) is 17.1 Å². The Kier molecular flexibility index (Phi) is 2.22. The molecule has 0 atom stereocenters.